The van der Waals surface area contributed by atoms with Crippen LogP contribution in [0.5, 0.6) is 0 Å². The Balaban J connectivity index is 4.53. The third-order valence-electron chi connectivity index (χ3n) is 3.71. The molecular weight excluding hydrogens is 432 g/mol. The van der Waals surface area contributed by atoms with Crippen LogP contribution in [0.2, 0.25) is 0 Å². The minimum absolute atomic E-state index is 0.0287. The third-order valence-corrected chi connectivity index (χ3v) is 3.71. The molecule has 0 aliphatic heterocycles. The van der Waals surface area contributed by atoms with E-state index >= 15 is 0 Å². The first-order valence-corrected chi connectivity index (χ1v) is 9.35. The predicted octanol–water partition coefficient (Wildman–Crippen LogP) is -5.39. The number of hydrogen-bond acceptors (Lipinski definition) is 12. The first-order chi connectivity index (χ1) is 14.9. The van der Waals surface area contributed by atoms with Gasteiger partial charge in [0.1, 0.15) is 12.1 Å². The minimum atomic E-state index is -2.52. The van der Waals surface area contributed by atoms with Crippen molar-refractivity contribution in [1.29, 1.82) is 0 Å². The van der Waals surface area contributed by atoms with Crippen molar-refractivity contribution in [3.63, 3.8) is 0 Å². The number of aliphatic imine (C=N–C) groups is 2. The molecule has 14 N–H and O–H groups in total. The molecule has 32 heavy (non-hydrogen) atoms. The molecule has 0 fully saturated rings. The van der Waals surface area contributed by atoms with Crippen molar-refractivity contribution >= 4 is 35.6 Å². The van der Waals surface area contributed by atoms with Gasteiger partial charge in [0, 0.05) is 13.1 Å². The molecule has 16 heteroatoms. The lowest BCUT2D eigenvalue weighted by Gasteiger charge is -2.18. The average molecular weight is 462 g/mol. The fourth-order valence-electron chi connectivity index (χ4n) is 2.01. The maximum absolute atomic E-state index is 11.8. The van der Waals surface area contributed by atoms with E-state index in [1.807, 2.05) is 0 Å². The topological polar surface area (TPSA) is 308 Å². The van der Waals surface area contributed by atoms with E-state index in [0.717, 1.165) is 0 Å². The Labute approximate surface area is 183 Å². The van der Waals surface area contributed by atoms with Gasteiger partial charge in [0.2, 0.25) is 6.29 Å². The standard InChI is InChI=1S/C16H30N8O8/c17-7(3-1-5-23-15(19)20)11(27)31-13(29)9(25)10(26)14(30)32-12(28)8(18)4-2-6-24-16(21)22/h7-9,13,25,29H,1-6,17-18H2,(H4,19,20,23)(H4,21,22,24)/t7-,8-,9?,13?/m0/s1. The summed E-state index contributed by atoms with van der Waals surface area (Å²) in [5.41, 5.74) is 31.6. The van der Waals surface area contributed by atoms with E-state index in [2.05, 4.69) is 19.5 Å². The Bertz CT molecular complexity index is 721. The second kappa shape index (κ2) is 14.6. The number of hydrogen-bond donors (Lipinski definition) is 8. The molecule has 0 amide bonds. The Hall–Kier alpha value is -3.34. The molecule has 0 aliphatic rings. The van der Waals surface area contributed by atoms with Crippen LogP contribution in [0, 0.1) is 0 Å². The lowest BCUT2D eigenvalue weighted by molar-refractivity contribution is -0.193. The summed E-state index contributed by atoms with van der Waals surface area (Å²) in [6.07, 6.45) is -4.29. The highest BCUT2D eigenvalue weighted by Gasteiger charge is 2.36. The summed E-state index contributed by atoms with van der Waals surface area (Å²) in [7, 11) is 0. The highest BCUT2D eigenvalue weighted by Crippen LogP contribution is 2.05. The lowest BCUT2D eigenvalue weighted by atomic mass is 10.1. The number of rotatable bonds is 14. The van der Waals surface area contributed by atoms with Gasteiger partial charge in [0.05, 0.1) is 0 Å². The molecule has 0 saturated carbocycles. The van der Waals surface area contributed by atoms with Crippen molar-refractivity contribution in [2.45, 2.75) is 50.2 Å². The molecular formula is C16H30N8O8. The number of nitrogens with two attached hydrogens (primary N) is 6. The van der Waals surface area contributed by atoms with Crippen molar-refractivity contribution < 1.29 is 38.9 Å². The van der Waals surface area contributed by atoms with Crippen LogP contribution in [0.4, 0.5) is 0 Å². The fraction of sp³-hybridized carbons (Fsp3) is 0.625. The molecule has 4 atom stereocenters. The number of carbonyl (C=O) groups is 4. The second-order valence-electron chi connectivity index (χ2n) is 6.46. The monoisotopic (exact) mass is 462 g/mol. The highest BCUT2D eigenvalue weighted by molar-refractivity contribution is 6.37. The molecule has 0 aromatic heterocycles. The zero-order valence-corrected chi connectivity index (χ0v) is 17.3. The van der Waals surface area contributed by atoms with Crippen LogP contribution in [0.15, 0.2) is 9.98 Å². The Morgan fingerprint density at radius 2 is 1.22 bits per heavy atom. The quantitative estimate of drug-likeness (QED) is 0.0227. The molecule has 0 heterocycles. The van der Waals surface area contributed by atoms with E-state index in [9.17, 15) is 29.4 Å². The number of nitrogens with zero attached hydrogens (tertiary/aromatic N) is 2. The van der Waals surface area contributed by atoms with E-state index in [1.165, 1.54) is 0 Å². The zero-order valence-electron chi connectivity index (χ0n) is 17.3. The largest absolute Gasteiger partial charge is 0.431 e. The van der Waals surface area contributed by atoms with Crippen molar-refractivity contribution in [3.05, 3.63) is 0 Å². The summed E-state index contributed by atoms with van der Waals surface area (Å²) in [6, 6.07) is -2.51. The van der Waals surface area contributed by atoms with Gasteiger partial charge >= 0.3 is 17.9 Å². The molecule has 0 aliphatic carbocycles. The van der Waals surface area contributed by atoms with E-state index in [-0.39, 0.29) is 44.3 Å². The summed E-state index contributed by atoms with van der Waals surface area (Å²) < 4.78 is 8.70. The summed E-state index contributed by atoms with van der Waals surface area (Å²) in [4.78, 5) is 54.4. The van der Waals surface area contributed by atoms with Crippen LogP contribution in [0.1, 0.15) is 25.7 Å². The molecule has 0 bridgehead atoms. The fourth-order valence-corrected chi connectivity index (χ4v) is 2.01. The number of ether oxygens (including phenoxy) is 2. The minimum Gasteiger partial charge on any atom is -0.431 e. The number of ketones is 1. The van der Waals surface area contributed by atoms with Gasteiger partial charge in [-0.1, -0.05) is 0 Å². The Kier molecular flexibility index (Phi) is 13.1. The van der Waals surface area contributed by atoms with Gasteiger partial charge in [-0.15, -0.1) is 0 Å². The van der Waals surface area contributed by atoms with Gasteiger partial charge in [-0.2, -0.15) is 0 Å². The molecule has 0 aromatic carbocycles. The van der Waals surface area contributed by atoms with Gasteiger partial charge in [-0.05, 0) is 25.7 Å². The van der Waals surface area contributed by atoms with E-state index < -0.39 is 48.2 Å². The summed E-state index contributed by atoms with van der Waals surface area (Å²) >= 11 is 0. The van der Waals surface area contributed by atoms with E-state index in [0.29, 0.717) is 6.42 Å². The number of aliphatic hydroxyl groups is 2. The zero-order chi connectivity index (χ0) is 24.8. The van der Waals surface area contributed by atoms with Crippen molar-refractivity contribution in [2.24, 2.45) is 44.4 Å². The average Bonchev–Trinajstić information content (AvgIpc) is 2.72. The van der Waals surface area contributed by atoms with Crippen LogP contribution < -0.4 is 34.4 Å². The summed E-state index contributed by atoms with van der Waals surface area (Å²) in [5.74, 6) is -6.26. The smallest absolute Gasteiger partial charge is 0.385 e. The van der Waals surface area contributed by atoms with Gasteiger partial charge < -0.3 is 54.1 Å². The highest BCUT2D eigenvalue weighted by atomic mass is 16.6. The van der Waals surface area contributed by atoms with Gasteiger partial charge in [-0.25, -0.2) is 9.59 Å². The molecule has 0 radical (unpaired) electrons. The molecule has 0 spiro atoms. The Morgan fingerprint density at radius 3 is 1.66 bits per heavy atom. The number of Topliss-reactive ketones (excluding diaryl/α,β-unsaturated/α-hetero) is 1. The molecule has 0 rings (SSSR count). The van der Waals surface area contributed by atoms with Crippen LogP contribution in [-0.4, -0.2) is 83.4 Å². The van der Waals surface area contributed by atoms with E-state index in [1.54, 1.807) is 0 Å². The first-order valence-electron chi connectivity index (χ1n) is 9.35. The van der Waals surface area contributed by atoms with Crippen LogP contribution >= 0.6 is 0 Å². The maximum Gasteiger partial charge on any atom is 0.385 e. The third kappa shape index (κ3) is 11.7. The second-order valence-corrected chi connectivity index (χ2v) is 6.46. The lowest BCUT2D eigenvalue weighted by Crippen LogP contribution is -2.45. The van der Waals surface area contributed by atoms with Crippen LogP contribution in [-0.2, 0) is 28.7 Å². The predicted molar refractivity (Wildman–Crippen MR) is 110 cm³/mol. The van der Waals surface area contributed by atoms with Gasteiger partial charge in [-0.3, -0.25) is 19.6 Å². The summed E-state index contributed by atoms with van der Waals surface area (Å²) in [5, 5.41) is 19.4. The molecule has 182 valence electrons. The molecule has 0 saturated heterocycles. The van der Waals surface area contributed by atoms with Gasteiger partial charge in [0.25, 0.3) is 5.78 Å². The van der Waals surface area contributed by atoms with Crippen molar-refractivity contribution in [1.82, 2.24) is 0 Å². The molecule has 2 unspecified atom stereocenters. The molecule has 0 aromatic rings. The number of carbonyl (C=O) groups excluding carboxylic acids is 4. The normalized spacial score (nSPS) is 14.2. The number of esters is 3. The van der Waals surface area contributed by atoms with Crippen molar-refractivity contribution in [3.8, 4) is 0 Å². The van der Waals surface area contributed by atoms with E-state index in [4.69, 9.17) is 34.4 Å². The summed E-state index contributed by atoms with van der Waals surface area (Å²) in [6.45, 7) is 0.353. The first kappa shape index (κ1) is 28.7. The van der Waals surface area contributed by atoms with Gasteiger partial charge in [0.15, 0.2) is 18.0 Å². The Morgan fingerprint density at radius 1 is 0.781 bits per heavy atom. The van der Waals surface area contributed by atoms with Crippen molar-refractivity contribution in [2.75, 3.05) is 13.1 Å². The molecule has 16 nitrogen and oxygen atoms in total. The number of aliphatic hydroxyl groups excluding tert-OH is 2. The maximum atomic E-state index is 11.8. The number of guanidine groups is 2. The van der Waals surface area contributed by atoms with Crippen LogP contribution in [0.25, 0.3) is 0 Å². The van der Waals surface area contributed by atoms with Crippen LogP contribution in [0.3, 0.4) is 0 Å². The SMILES string of the molecule is NC(N)=NCCC[C@H](N)C(=O)OC(=O)C(=O)C(O)C(O)OC(=O)[C@@H](N)CCCN=C(N)N.